The van der Waals surface area contributed by atoms with Gasteiger partial charge in [-0.3, -0.25) is 9.69 Å². The minimum absolute atomic E-state index is 0.0602. The molecule has 29 heavy (non-hydrogen) atoms. The van der Waals surface area contributed by atoms with Gasteiger partial charge < -0.3 is 10.1 Å². The average Bonchev–Trinajstić information content (AvgIpc) is 2.71. The third-order valence-electron chi connectivity index (χ3n) is 5.23. The van der Waals surface area contributed by atoms with Crippen LogP contribution in [-0.2, 0) is 4.74 Å². The van der Waals surface area contributed by atoms with E-state index in [0.717, 1.165) is 24.2 Å². The first-order valence-corrected chi connectivity index (χ1v) is 10.2. The summed E-state index contributed by atoms with van der Waals surface area (Å²) in [5.41, 5.74) is 2.38. The second-order valence-electron chi connectivity index (χ2n) is 8.35. The molecule has 4 heteroatoms. The Morgan fingerprint density at radius 3 is 2.14 bits per heavy atom. The van der Waals surface area contributed by atoms with Crippen LogP contribution in [0.4, 0.5) is 0 Å². The molecule has 4 nitrogen and oxygen atoms in total. The number of hydrogen-bond acceptors (Lipinski definition) is 3. The molecular formula is C25H30N2O2. The Labute approximate surface area is 174 Å². The zero-order chi connectivity index (χ0) is 20.9. The minimum Gasteiger partial charge on any atom is -0.373 e. The number of benzene rings is 2. The van der Waals surface area contributed by atoms with Crippen LogP contribution in [0.3, 0.4) is 0 Å². The molecule has 1 aliphatic rings. The number of morpholine rings is 1. The summed E-state index contributed by atoms with van der Waals surface area (Å²) in [5.74, 6) is 6.21. The van der Waals surface area contributed by atoms with Crippen LogP contribution in [0.5, 0.6) is 0 Å². The molecule has 0 aromatic heterocycles. The molecule has 2 atom stereocenters. The monoisotopic (exact) mass is 390 g/mol. The molecule has 0 spiro atoms. The highest BCUT2D eigenvalue weighted by Crippen LogP contribution is 2.20. The predicted octanol–water partition coefficient (Wildman–Crippen LogP) is 3.70. The number of nitrogens with zero attached hydrogens (tertiary/aromatic N) is 1. The number of carbonyl (C=O) groups excluding carboxylic acids is 1. The van der Waals surface area contributed by atoms with Crippen molar-refractivity contribution in [2.45, 2.75) is 45.4 Å². The third kappa shape index (κ3) is 5.93. The summed E-state index contributed by atoms with van der Waals surface area (Å²) in [7, 11) is 0. The normalized spacial score (nSPS) is 19.9. The highest BCUT2D eigenvalue weighted by atomic mass is 16.5. The predicted molar refractivity (Wildman–Crippen MR) is 117 cm³/mol. The van der Waals surface area contributed by atoms with Gasteiger partial charge in [-0.2, -0.15) is 0 Å². The summed E-state index contributed by atoms with van der Waals surface area (Å²) < 4.78 is 5.83. The zero-order valence-corrected chi connectivity index (χ0v) is 17.7. The van der Waals surface area contributed by atoms with Crippen LogP contribution < -0.4 is 5.32 Å². The molecule has 1 aliphatic heterocycles. The van der Waals surface area contributed by atoms with Crippen molar-refractivity contribution in [1.29, 1.82) is 0 Å². The van der Waals surface area contributed by atoms with Crippen molar-refractivity contribution in [1.82, 2.24) is 10.2 Å². The van der Waals surface area contributed by atoms with E-state index in [0.29, 0.717) is 12.1 Å². The summed E-state index contributed by atoms with van der Waals surface area (Å²) in [6.45, 7) is 10.9. The highest BCUT2D eigenvalue weighted by Gasteiger charge is 2.33. The molecule has 0 bridgehead atoms. The molecule has 1 amide bonds. The van der Waals surface area contributed by atoms with Crippen molar-refractivity contribution >= 4 is 5.91 Å². The number of amides is 1. The Morgan fingerprint density at radius 1 is 1.00 bits per heavy atom. The molecule has 152 valence electrons. The first-order chi connectivity index (χ1) is 13.8. The van der Waals surface area contributed by atoms with Crippen LogP contribution >= 0.6 is 0 Å². The van der Waals surface area contributed by atoms with E-state index in [2.05, 4.69) is 49.8 Å². The van der Waals surface area contributed by atoms with Crippen LogP contribution in [0.1, 0.15) is 49.2 Å². The lowest BCUT2D eigenvalue weighted by molar-refractivity contribution is -0.0948. The Hall–Kier alpha value is -2.61. The lowest BCUT2D eigenvalue weighted by atomic mass is 9.99. The summed E-state index contributed by atoms with van der Waals surface area (Å²) in [6.07, 6.45) is 0.413. The van der Waals surface area contributed by atoms with Crippen LogP contribution in [-0.4, -0.2) is 48.2 Å². The van der Waals surface area contributed by atoms with E-state index in [1.165, 1.54) is 0 Å². The lowest BCUT2D eigenvalue weighted by Gasteiger charge is -2.45. The van der Waals surface area contributed by atoms with E-state index in [1.54, 1.807) is 0 Å². The highest BCUT2D eigenvalue weighted by molar-refractivity contribution is 5.94. The summed E-state index contributed by atoms with van der Waals surface area (Å²) in [5, 5.41) is 3.09. The van der Waals surface area contributed by atoms with Crippen molar-refractivity contribution < 1.29 is 9.53 Å². The van der Waals surface area contributed by atoms with E-state index in [-0.39, 0.29) is 23.7 Å². The van der Waals surface area contributed by atoms with E-state index >= 15 is 0 Å². The topological polar surface area (TPSA) is 41.6 Å². The van der Waals surface area contributed by atoms with Gasteiger partial charge in [0.1, 0.15) is 0 Å². The quantitative estimate of drug-likeness (QED) is 0.810. The van der Waals surface area contributed by atoms with Crippen molar-refractivity contribution in [3.05, 3.63) is 71.3 Å². The largest absolute Gasteiger partial charge is 0.373 e. The number of hydrogen-bond donors (Lipinski definition) is 1. The Kier molecular flexibility index (Phi) is 6.74. The van der Waals surface area contributed by atoms with Gasteiger partial charge in [-0.05, 0) is 64.1 Å². The van der Waals surface area contributed by atoms with Crippen molar-refractivity contribution in [2.75, 3.05) is 19.6 Å². The van der Waals surface area contributed by atoms with Crippen LogP contribution in [0.2, 0.25) is 0 Å². The number of rotatable bonds is 4. The van der Waals surface area contributed by atoms with Gasteiger partial charge in [0.05, 0.1) is 12.2 Å². The second-order valence-corrected chi connectivity index (χ2v) is 8.35. The number of carbonyl (C=O) groups is 1. The van der Waals surface area contributed by atoms with Gasteiger partial charge in [0, 0.05) is 41.9 Å². The first kappa shape index (κ1) is 21.1. The van der Waals surface area contributed by atoms with Gasteiger partial charge in [-0.1, -0.05) is 30.0 Å². The van der Waals surface area contributed by atoms with E-state index in [9.17, 15) is 4.79 Å². The molecule has 2 aromatic rings. The molecule has 2 aromatic carbocycles. The molecule has 0 aliphatic carbocycles. The fraction of sp³-hybridized carbons (Fsp3) is 0.400. The Balaban J connectivity index is 1.57. The molecule has 1 fully saturated rings. The lowest BCUT2D eigenvalue weighted by Crippen LogP contribution is -2.58. The van der Waals surface area contributed by atoms with Gasteiger partial charge in [0.2, 0.25) is 0 Å². The van der Waals surface area contributed by atoms with Crippen molar-refractivity contribution in [3.63, 3.8) is 0 Å². The fourth-order valence-corrected chi connectivity index (χ4v) is 3.55. The van der Waals surface area contributed by atoms with E-state index in [1.807, 2.05) is 54.6 Å². The molecule has 1 N–H and O–H groups in total. The molecule has 0 saturated carbocycles. The SMILES string of the molecule is CC1CN(C(C)(C)CNC(=O)c2ccc(C#Cc3ccccc3)cc2)CC(C)O1. The summed E-state index contributed by atoms with van der Waals surface area (Å²) in [6, 6.07) is 17.3. The molecule has 0 radical (unpaired) electrons. The molecule has 2 unspecified atom stereocenters. The smallest absolute Gasteiger partial charge is 0.251 e. The van der Waals surface area contributed by atoms with E-state index in [4.69, 9.17) is 4.74 Å². The number of nitrogens with one attached hydrogen (secondary N) is 1. The standard InChI is InChI=1S/C25H30N2O2/c1-19-16-27(17-20(2)29-19)25(3,4)18-26-24(28)23-14-12-22(13-15-23)11-10-21-8-6-5-7-9-21/h5-9,12-15,19-20H,16-18H2,1-4H3,(H,26,28). The van der Waals surface area contributed by atoms with Gasteiger partial charge in [0.15, 0.2) is 0 Å². The summed E-state index contributed by atoms with van der Waals surface area (Å²) in [4.78, 5) is 15.0. The van der Waals surface area contributed by atoms with Gasteiger partial charge >= 0.3 is 0 Å². The van der Waals surface area contributed by atoms with Gasteiger partial charge in [-0.25, -0.2) is 0 Å². The second kappa shape index (κ2) is 9.26. The Bertz CT molecular complexity index is 869. The minimum atomic E-state index is -0.136. The first-order valence-electron chi connectivity index (χ1n) is 10.2. The zero-order valence-electron chi connectivity index (χ0n) is 17.7. The van der Waals surface area contributed by atoms with Crippen molar-refractivity contribution in [3.8, 4) is 11.8 Å². The molecular weight excluding hydrogens is 360 g/mol. The maximum absolute atomic E-state index is 12.6. The molecule has 1 saturated heterocycles. The fourth-order valence-electron chi connectivity index (χ4n) is 3.55. The maximum atomic E-state index is 12.6. The van der Waals surface area contributed by atoms with Crippen LogP contribution in [0.25, 0.3) is 0 Å². The average molecular weight is 391 g/mol. The van der Waals surface area contributed by atoms with Crippen LogP contribution in [0, 0.1) is 11.8 Å². The summed E-state index contributed by atoms with van der Waals surface area (Å²) >= 11 is 0. The van der Waals surface area contributed by atoms with Gasteiger partial charge in [0.25, 0.3) is 5.91 Å². The van der Waals surface area contributed by atoms with E-state index < -0.39 is 0 Å². The third-order valence-corrected chi connectivity index (χ3v) is 5.23. The Morgan fingerprint density at radius 2 is 1.55 bits per heavy atom. The van der Waals surface area contributed by atoms with Gasteiger partial charge in [-0.15, -0.1) is 0 Å². The van der Waals surface area contributed by atoms with Crippen molar-refractivity contribution in [2.24, 2.45) is 0 Å². The molecule has 1 heterocycles. The molecule has 3 rings (SSSR count). The number of ether oxygens (including phenoxy) is 1. The van der Waals surface area contributed by atoms with Crippen LogP contribution in [0.15, 0.2) is 54.6 Å². The maximum Gasteiger partial charge on any atom is 0.251 e.